The molecule has 1 aliphatic rings. The molecule has 2 N–H and O–H groups in total. The molecule has 1 aromatic carbocycles. The highest BCUT2D eigenvalue weighted by atomic mass is 32.1. The van der Waals surface area contributed by atoms with E-state index in [-0.39, 0.29) is 0 Å². The summed E-state index contributed by atoms with van der Waals surface area (Å²) in [5.41, 5.74) is 7.88. The second-order valence-electron chi connectivity index (χ2n) is 4.91. The van der Waals surface area contributed by atoms with Gasteiger partial charge in [0.05, 0.1) is 6.61 Å². The van der Waals surface area contributed by atoms with Crippen LogP contribution in [0.25, 0.3) is 0 Å². The molecule has 98 valence electrons. The summed E-state index contributed by atoms with van der Waals surface area (Å²) in [5, 5.41) is 0. The van der Waals surface area contributed by atoms with E-state index in [9.17, 15) is 0 Å². The van der Waals surface area contributed by atoms with E-state index in [1.807, 2.05) is 12.1 Å². The second kappa shape index (κ2) is 6.27. The van der Waals surface area contributed by atoms with Crippen molar-refractivity contribution in [3.63, 3.8) is 0 Å². The topological polar surface area (TPSA) is 38.5 Å². The standard InChI is InChI=1S/C14H20N2OS/c1-17-10-12-5-6-16(9-12)8-11-3-2-4-13(7-11)14(15)18/h2-4,7,12H,5-6,8-10H2,1H3,(H2,15,18). The Morgan fingerprint density at radius 1 is 1.56 bits per heavy atom. The van der Waals surface area contributed by atoms with Crippen molar-refractivity contribution in [2.75, 3.05) is 26.8 Å². The van der Waals surface area contributed by atoms with Crippen molar-refractivity contribution in [2.24, 2.45) is 11.7 Å². The Morgan fingerprint density at radius 2 is 2.39 bits per heavy atom. The van der Waals surface area contributed by atoms with Crippen molar-refractivity contribution in [3.8, 4) is 0 Å². The summed E-state index contributed by atoms with van der Waals surface area (Å²) in [7, 11) is 1.77. The first-order chi connectivity index (χ1) is 8.69. The van der Waals surface area contributed by atoms with E-state index >= 15 is 0 Å². The van der Waals surface area contributed by atoms with Gasteiger partial charge in [0, 0.05) is 25.8 Å². The summed E-state index contributed by atoms with van der Waals surface area (Å²) in [6.07, 6.45) is 1.23. The van der Waals surface area contributed by atoms with Crippen LogP contribution in [0.2, 0.25) is 0 Å². The predicted molar refractivity (Wildman–Crippen MR) is 77.6 cm³/mol. The zero-order chi connectivity index (χ0) is 13.0. The number of nitrogens with zero attached hydrogens (tertiary/aromatic N) is 1. The first-order valence-electron chi connectivity index (χ1n) is 6.29. The number of hydrogen-bond donors (Lipinski definition) is 1. The number of nitrogens with two attached hydrogens (primary N) is 1. The van der Waals surface area contributed by atoms with Crippen LogP contribution >= 0.6 is 12.2 Å². The molecule has 1 saturated heterocycles. The molecule has 0 aliphatic carbocycles. The van der Waals surface area contributed by atoms with Gasteiger partial charge >= 0.3 is 0 Å². The van der Waals surface area contributed by atoms with E-state index in [1.165, 1.54) is 12.0 Å². The lowest BCUT2D eigenvalue weighted by atomic mass is 10.1. The molecule has 1 atom stereocenters. The number of methoxy groups -OCH3 is 1. The highest BCUT2D eigenvalue weighted by Gasteiger charge is 2.22. The lowest BCUT2D eigenvalue weighted by molar-refractivity contribution is 0.152. The van der Waals surface area contributed by atoms with Crippen molar-refractivity contribution in [3.05, 3.63) is 35.4 Å². The molecule has 0 spiro atoms. The van der Waals surface area contributed by atoms with Crippen molar-refractivity contribution in [2.45, 2.75) is 13.0 Å². The average molecular weight is 264 g/mol. The Morgan fingerprint density at radius 3 is 3.11 bits per heavy atom. The molecule has 18 heavy (non-hydrogen) atoms. The summed E-state index contributed by atoms with van der Waals surface area (Å²) < 4.78 is 5.21. The maximum absolute atomic E-state index is 5.65. The van der Waals surface area contributed by atoms with E-state index < -0.39 is 0 Å². The first-order valence-corrected chi connectivity index (χ1v) is 6.70. The fourth-order valence-corrected chi connectivity index (χ4v) is 2.64. The fraction of sp³-hybridized carbons (Fsp3) is 0.500. The molecule has 1 unspecified atom stereocenters. The van der Waals surface area contributed by atoms with Crippen LogP contribution in [0.3, 0.4) is 0 Å². The lowest BCUT2D eigenvalue weighted by Gasteiger charge is -2.16. The van der Waals surface area contributed by atoms with E-state index in [2.05, 4.69) is 17.0 Å². The molecule has 4 heteroatoms. The largest absolute Gasteiger partial charge is 0.389 e. The summed E-state index contributed by atoms with van der Waals surface area (Å²) in [6, 6.07) is 8.20. The molecule has 1 fully saturated rings. The van der Waals surface area contributed by atoms with Crippen LogP contribution < -0.4 is 5.73 Å². The number of rotatable bonds is 5. The predicted octanol–water partition coefficient (Wildman–Crippen LogP) is 1.79. The second-order valence-corrected chi connectivity index (χ2v) is 5.35. The number of hydrogen-bond acceptors (Lipinski definition) is 3. The van der Waals surface area contributed by atoms with Crippen LogP contribution in [-0.4, -0.2) is 36.7 Å². The molecule has 0 aromatic heterocycles. The first kappa shape index (κ1) is 13.5. The molecular formula is C14H20N2OS. The quantitative estimate of drug-likeness (QED) is 0.823. The molecule has 1 aliphatic heterocycles. The van der Waals surface area contributed by atoms with Crippen molar-refractivity contribution >= 4 is 17.2 Å². The van der Waals surface area contributed by atoms with Crippen LogP contribution in [0.5, 0.6) is 0 Å². The molecule has 0 saturated carbocycles. The van der Waals surface area contributed by atoms with Gasteiger partial charge in [-0.15, -0.1) is 0 Å². The Balaban J connectivity index is 1.94. The van der Waals surface area contributed by atoms with Gasteiger partial charge in [-0.05, 0) is 30.5 Å². The van der Waals surface area contributed by atoms with E-state index in [1.54, 1.807) is 7.11 Å². The molecule has 1 heterocycles. The monoisotopic (exact) mass is 264 g/mol. The fourth-order valence-electron chi connectivity index (χ4n) is 2.51. The Bertz CT molecular complexity index is 422. The van der Waals surface area contributed by atoms with Gasteiger partial charge in [-0.3, -0.25) is 4.90 Å². The van der Waals surface area contributed by atoms with Crippen molar-refractivity contribution in [1.29, 1.82) is 0 Å². The molecule has 0 amide bonds. The minimum atomic E-state index is 0.468. The third-order valence-corrected chi connectivity index (χ3v) is 3.63. The molecule has 1 aromatic rings. The lowest BCUT2D eigenvalue weighted by Crippen LogP contribution is -2.21. The normalized spacial score (nSPS) is 20.2. The van der Waals surface area contributed by atoms with Gasteiger partial charge in [-0.1, -0.05) is 30.4 Å². The van der Waals surface area contributed by atoms with Gasteiger partial charge in [0.2, 0.25) is 0 Å². The minimum absolute atomic E-state index is 0.468. The SMILES string of the molecule is COCC1CCN(Cc2cccc(C(N)=S)c2)C1. The maximum atomic E-state index is 5.65. The summed E-state index contributed by atoms with van der Waals surface area (Å²) in [6.45, 7) is 4.09. The molecular weight excluding hydrogens is 244 g/mol. The van der Waals surface area contributed by atoms with Crippen LogP contribution in [0.4, 0.5) is 0 Å². The van der Waals surface area contributed by atoms with Gasteiger partial charge < -0.3 is 10.5 Å². The molecule has 0 bridgehead atoms. The summed E-state index contributed by atoms with van der Waals surface area (Å²) >= 11 is 5.01. The van der Waals surface area contributed by atoms with E-state index in [0.29, 0.717) is 10.9 Å². The average Bonchev–Trinajstić information content (AvgIpc) is 2.77. The Kier molecular flexibility index (Phi) is 4.69. The zero-order valence-electron chi connectivity index (χ0n) is 10.8. The zero-order valence-corrected chi connectivity index (χ0v) is 11.6. The molecule has 0 radical (unpaired) electrons. The maximum Gasteiger partial charge on any atom is 0.103 e. The number of likely N-dealkylation sites (tertiary alicyclic amines) is 1. The van der Waals surface area contributed by atoms with Gasteiger partial charge in [0.25, 0.3) is 0 Å². The highest BCUT2D eigenvalue weighted by molar-refractivity contribution is 7.80. The number of ether oxygens (including phenoxy) is 1. The highest BCUT2D eigenvalue weighted by Crippen LogP contribution is 2.19. The van der Waals surface area contributed by atoms with Gasteiger partial charge in [-0.25, -0.2) is 0 Å². The van der Waals surface area contributed by atoms with E-state index in [4.69, 9.17) is 22.7 Å². The smallest absolute Gasteiger partial charge is 0.103 e. The van der Waals surface area contributed by atoms with E-state index in [0.717, 1.165) is 31.8 Å². The molecule has 2 rings (SSSR count). The summed E-state index contributed by atoms with van der Waals surface area (Å²) in [4.78, 5) is 2.93. The third-order valence-electron chi connectivity index (χ3n) is 3.39. The van der Waals surface area contributed by atoms with Crippen LogP contribution in [0.15, 0.2) is 24.3 Å². The number of benzene rings is 1. The van der Waals surface area contributed by atoms with Crippen LogP contribution in [-0.2, 0) is 11.3 Å². The third kappa shape index (κ3) is 3.51. The van der Waals surface area contributed by atoms with Gasteiger partial charge in [0.1, 0.15) is 4.99 Å². The summed E-state index contributed by atoms with van der Waals surface area (Å²) in [5.74, 6) is 0.675. The van der Waals surface area contributed by atoms with Crippen molar-refractivity contribution < 1.29 is 4.74 Å². The minimum Gasteiger partial charge on any atom is -0.389 e. The van der Waals surface area contributed by atoms with Gasteiger partial charge in [0.15, 0.2) is 0 Å². The molecule has 3 nitrogen and oxygen atoms in total. The van der Waals surface area contributed by atoms with Crippen LogP contribution in [0, 0.1) is 5.92 Å². The number of thiocarbonyl (C=S) groups is 1. The Hall–Kier alpha value is -0.970. The van der Waals surface area contributed by atoms with Crippen LogP contribution in [0.1, 0.15) is 17.5 Å². The Labute approximate surface area is 114 Å². The van der Waals surface area contributed by atoms with Crippen molar-refractivity contribution in [1.82, 2.24) is 4.90 Å². The van der Waals surface area contributed by atoms with Gasteiger partial charge in [-0.2, -0.15) is 0 Å².